The molecule has 0 bridgehead atoms. The maximum atomic E-state index is 11.5. The summed E-state index contributed by atoms with van der Waals surface area (Å²) in [4.78, 5) is 2.33. The number of likely N-dealkylation sites (tertiary alicyclic amines) is 1. The third-order valence-corrected chi connectivity index (χ3v) is 5.74. The Morgan fingerprint density at radius 3 is 2.56 bits per heavy atom. The molecule has 0 spiro atoms. The summed E-state index contributed by atoms with van der Waals surface area (Å²) in [5.74, 6) is 0.669. The van der Waals surface area contributed by atoms with Crippen molar-refractivity contribution in [3.8, 4) is 0 Å². The van der Waals surface area contributed by atoms with Gasteiger partial charge in [-0.1, -0.05) is 0 Å². The zero-order valence-corrected chi connectivity index (χ0v) is 11.0. The predicted molar refractivity (Wildman–Crippen MR) is 65.1 cm³/mol. The minimum absolute atomic E-state index is 0.0976. The molecule has 0 aliphatic carbocycles. The van der Waals surface area contributed by atoms with Gasteiger partial charge in [-0.25, -0.2) is 8.42 Å². The normalized spacial score (nSPS) is 38.7. The molecule has 2 heterocycles. The highest BCUT2D eigenvalue weighted by Gasteiger charge is 2.41. The minimum atomic E-state index is -2.79. The van der Waals surface area contributed by atoms with Crippen LogP contribution in [0.15, 0.2) is 0 Å². The third kappa shape index (κ3) is 2.41. The summed E-state index contributed by atoms with van der Waals surface area (Å²) in [7, 11) is -2.79. The predicted octanol–water partition coefficient (Wildman–Crippen LogP) is 0.375. The van der Waals surface area contributed by atoms with Gasteiger partial charge in [0.25, 0.3) is 0 Å². The highest BCUT2D eigenvalue weighted by Crippen LogP contribution is 2.32. The Hall–Kier alpha value is -0.130. The molecule has 0 aromatic carbocycles. The number of rotatable bonds is 1. The number of hydrogen-bond donors (Lipinski definition) is 1. The van der Waals surface area contributed by atoms with Crippen LogP contribution >= 0.6 is 0 Å². The first kappa shape index (κ1) is 12.3. The monoisotopic (exact) mass is 246 g/mol. The van der Waals surface area contributed by atoms with E-state index in [0.29, 0.717) is 11.5 Å². The zero-order chi connectivity index (χ0) is 12.0. The van der Waals surface area contributed by atoms with Crippen LogP contribution in [-0.4, -0.2) is 49.0 Å². The van der Waals surface area contributed by atoms with Crippen molar-refractivity contribution in [2.24, 2.45) is 5.73 Å². The van der Waals surface area contributed by atoms with Crippen molar-refractivity contribution in [1.82, 2.24) is 4.90 Å². The Kier molecular flexibility index (Phi) is 3.05. The Balaban J connectivity index is 2.13. The molecule has 0 amide bonds. The van der Waals surface area contributed by atoms with Gasteiger partial charge in [0, 0.05) is 24.2 Å². The lowest BCUT2D eigenvalue weighted by Gasteiger charge is -2.47. The van der Waals surface area contributed by atoms with E-state index in [1.54, 1.807) is 0 Å². The average molecular weight is 246 g/mol. The molecule has 16 heavy (non-hydrogen) atoms. The smallest absolute Gasteiger partial charge is 0.151 e. The molecule has 2 unspecified atom stereocenters. The molecule has 5 heteroatoms. The van der Waals surface area contributed by atoms with Crippen molar-refractivity contribution in [3.63, 3.8) is 0 Å². The molecule has 2 aliphatic rings. The topological polar surface area (TPSA) is 63.4 Å². The van der Waals surface area contributed by atoms with Crippen LogP contribution in [0.3, 0.4) is 0 Å². The van der Waals surface area contributed by atoms with Gasteiger partial charge in [0.2, 0.25) is 0 Å². The first-order valence-corrected chi connectivity index (χ1v) is 7.85. The van der Waals surface area contributed by atoms with Gasteiger partial charge in [-0.2, -0.15) is 0 Å². The van der Waals surface area contributed by atoms with Crippen LogP contribution in [0.4, 0.5) is 0 Å². The standard InChI is InChI=1S/C11H22N2O2S/c1-11(2)5-3-9(12)7-13(11)10-4-6-16(14,15)8-10/h9-10H,3-8,12H2,1-2H3. The second-order valence-corrected chi connectivity index (χ2v) is 8.05. The molecule has 2 saturated heterocycles. The Morgan fingerprint density at radius 1 is 1.31 bits per heavy atom. The van der Waals surface area contributed by atoms with Gasteiger partial charge >= 0.3 is 0 Å². The number of hydrogen-bond acceptors (Lipinski definition) is 4. The van der Waals surface area contributed by atoms with E-state index in [2.05, 4.69) is 18.7 Å². The lowest BCUT2D eigenvalue weighted by Crippen LogP contribution is -2.58. The van der Waals surface area contributed by atoms with E-state index in [-0.39, 0.29) is 17.6 Å². The number of nitrogens with two attached hydrogens (primary N) is 1. The van der Waals surface area contributed by atoms with Gasteiger partial charge in [0.05, 0.1) is 11.5 Å². The fraction of sp³-hybridized carbons (Fsp3) is 1.00. The van der Waals surface area contributed by atoms with Crippen LogP contribution in [0.1, 0.15) is 33.1 Å². The van der Waals surface area contributed by atoms with Crippen LogP contribution in [0.25, 0.3) is 0 Å². The Bertz CT molecular complexity index is 364. The molecule has 0 saturated carbocycles. The highest BCUT2D eigenvalue weighted by atomic mass is 32.2. The van der Waals surface area contributed by atoms with Crippen LogP contribution < -0.4 is 5.73 Å². The van der Waals surface area contributed by atoms with Crippen molar-refractivity contribution in [3.05, 3.63) is 0 Å². The van der Waals surface area contributed by atoms with E-state index in [0.717, 1.165) is 25.8 Å². The average Bonchev–Trinajstić information content (AvgIpc) is 2.50. The molecule has 2 atom stereocenters. The Morgan fingerprint density at radius 2 is 2.00 bits per heavy atom. The van der Waals surface area contributed by atoms with Crippen molar-refractivity contribution in [2.45, 2.75) is 50.7 Å². The zero-order valence-electron chi connectivity index (χ0n) is 10.1. The van der Waals surface area contributed by atoms with Crippen LogP contribution in [0.2, 0.25) is 0 Å². The van der Waals surface area contributed by atoms with Crippen LogP contribution in [-0.2, 0) is 9.84 Å². The first-order chi connectivity index (χ1) is 7.30. The van der Waals surface area contributed by atoms with Crippen molar-refractivity contribution in [2.75, 3.05) is 18.1 Å². The molecule has 2 N–H and O–H groups in total. The maximum Gasteiger partial charge on any atom is 0.151 e. The second kappa shape index (κ2) is 3.96. The summed E-state index contributed by atoms with van der Waals surface area (Å²) < 4.78 is 23.0. The summed E-state index contributed by atoms with van der Waals surface area (Å²) in [6, 6.07) is 0.391. The number of nitrogens with zero attached hydrogens (tertiary/aromatic N) is 1. The summed E-state index contributed by atoms with van der Waals surface area (Å²) in [6.45, 7) is 5.24. The molecule has 0 radical (unpaired) electrons. The van der Waals surface area contributed by atoms with E-state index >= 15 is 0 Å². The third-order valence-electron chi connectivity index (χ3n) is 3.98. The fourth-order valence-corrected chi connectivity index (χ4v) is 4.67. The first-order valence-electron chi connectivity index (χ1n) is 6.03. The molecule has 2 fully saturated rings. The quantitative estimate of drug-likeness (QED) is 0.726. The molecular weight excluding hydrogens is 224 g/mol. The van der Waals surface area contributed by atoms with E-state index in [4.69, 9.17) is 5.73 Å². The van der Waals surface area contributed by atoms with Gasteiger partial charge in [-0.15, -0.1) is 0 Å². The lowest BCUT2D eigenvalue weighted by atomic mass is 9.86. The van der Waals surface area contributed by atoms with Gasteiger partial charge in [-0.3, -0.25) is 4.90 Å². The van der Waals surface area contributed by atoms with Gasteiger partial charge in [0.15, 0.2) is 9.84 Å². The van der Waals surface area contributed by atoms with Crippen molar-refractivity contribution < 1.29 is 8.42 Å². The molecule has 0 aromatic heterocycles. The summed E-state index contributed by atoms with van der Waals surface area (Å²) >= 11 is 0. The molecule has 4 nitrogen and oxygen atoms in total. The van der Waals surface area contributed by atoms with Gasteiger partial charge in [0.1, 0.15) is 0 Å². The number of piperidine rings is 1. The van der Waals surface area contributed by atoms with E-state index in [1.807, 2.05) is 0 Å². The van der Waals surface area contributed by atoms with Crippen molar-refractivity contribution in [1.29, 1.82) is 0 Å². The van der Waals surface area contributed by atoms with Gasteiger partial charge < -0.3 is 5.73 Å². The second-order valence-electron chi connectivity index (χ2n) is 5.82. The van der Waals surface area contributed by atoms with Crippen LogP contribution in [0, 0.1) is 0 Å². The fourth-order valence-electron chi connectivity index (χ4n) is 2.94. The molecular formula is C11H22N2O2S. The summed E-state index contributed by atoms with van der Waals surface area (Å²) in [5.41, 5.74) is 6.09. The maximum absolute atomic E-state index is 11.5. The van der Waals surface area contributed by atoms with E-state index in [9.17, 15) is 8.42 Å². The Labute approximate surface area is 98.1 Å². The molecule has 94 valence electrons. The summed E-state index contributed by atoms with van der Waals surface area (Å²) in [6.07, 6.45) is 2.88. The van der Waals surface area contributed by atoms with E-state index in [1.165, 1.54) is 0 Å². The molecule has 2 rings (SSSR count). The molecule has 0 aromatic rings. The van der Waals surface area contributed by atoms with Crippen molar-refractivity contribution >= 4 is 9.84 Å². The minimum Gasteiger partial charge on any atom is -0.327 e. The largest absolute Gasteiger partial charge is 0.327 e. The van der Waals surface area contributed by atoms with E-state index < -0.39 is 9.84 Å². The lowest BCUT2D eigenvalue weighted by molar-refractivity contribution is 0.0334. The SMILES string of the molecule is CC1(C)CCC(N)CN1C1CCS(=O)(=O)C1. The number of sulfone groups is 1. The van der Waals surface area contributed by atoms with Gasteiger partial charge in [-0.05, 0) is 33.1 Å². The molecule has 2 aliphatic heterocycles. The highest BCUT2D eigenvalue weighted by molar-refractivity contribution is 7.91. The summed E-state index contributed by atoms with van der Waals surface area (Å²) in [5, 5.41) is 0. The van der Waals surface area contributed by atoms with Crippen LogP contribution in [0.5, 0.6) is 0 Å².